The fraction of sp³-hybridized carbons (Fsp3) is 1.00. The van der Waals surface area contributed by atoms with Crippen LogP contribution in [0.4, 0.5) is 0 Å². The summed E-state index contributed by atoms with van der Waals surface area (Å²) >= 11 is 0. The molecule has 0 aromatic carbocycles. The molecule has 1 aliphatic heterocycles. The molecule has 1 rings (SSSR count). The Hall–Kier alpha value is 0.250. The zero-order valence-electron chi connectivity index (χ0n) is 12.0. The maximum absolute atomic E-state index is 2.33. The third kappa shape index (κ3) is 6.67. The lowest BCUT2D eigenvalue weighted by Gasteiger charge is -2.42. The topological polar surface area (TPSA) is 0 Å². The van der Waals surface area contributed by atoms with Gasteiger partial charge in [0.05, 0.1) is 26.2 Å². The summed E-state index contributed by atoms with van der Waals surface area (Å²) in [6, 6.07) is 0. The molecule has 0 unspecified atom stereocenters. The average Bonchev–Trinajstić information content (AvgIpc) is 2.34. The highest BCUT2D eigenvalue weighted by Gasteiger charge is 2.28. The molecule has 0 saturated carbocycles. The van der Waals surface area contributed by atoms with Gasteiger partial charge >= 0.3 is 0 Å². The number of halogens is 1. The molecule has 17 heavy (non-hydrogen) atoms. The fourth-order valence-corrected chi connectivity index (χ4v) is 3.11. The molecule has 0 aromatic heterocycles. The lowest BCUT2D eigenvalue weighted by molar-refractivity contribution is -0.932. The third-order valence-corrected chi connectivity index (χ3v) is 4.24. The Labute approximate surface area is 115 Å². The minimum absolute atomic E-state index is 0. The molecule has 0 atom stereocenters. The maximum Gasteiger partial charge on any atom is 0.0786 e. The van der Waals surface area contributed by atoms with E-state index in [0.717, 1.165) is 0 Å². The van der Waals surface area contributed by atoms with Crippen LogP contribution in [-0.4, -0.2) is 30.7 Å². The maximum atomic E-state index is 2.33. The van der Waals surface area contributed by atoms with Gasteiger partial charge in [-0.25, -0.2) is 0 Å². The highest BCUT2D eigenvalue weighted by molar-refractivity contribution is 4.55. The highest BCUT2D eigenvalue weighted by Crippen LogP contribution is 2.21. The normalized spacial score (nSPS) is 18.7. The summed E-state index contributed by atoms with van der Waals surface area (Å²) in [5, 5.41) is 0. The Morgan fingerprint density at radius 1 is 0.706 bits per heavy atom. The highest BCUT2D eigenvalue weighted by atomic mass is 35.5. The number of hydrogen-bond acceptors (Lipinski definition) is 0. The van der Waals surface area contributed by atoms with Gasteiger partial charge < -0.3 is 16.9 Å². The Kier molecular flexibility index (Phi) is 10.3. The van der Waals surface area contributed by atoms with Crippen LogP contribution in [0, 0.1) is 0 Å². The summed E-state index contributed by atoms with van der Waals surface area (Å²) in [5.74, 6) is 0. The van der Waals surface area contributed by atoms with E-state index in [4.69, 9.17) is 0 Å². The molecular weight excluding hydrogens is 230 g/mol. The van der Waals surface area contributed by atoms with Crippen molar-refractivity contribution in [3.63, 3.8) is 0 Å². The van der Waals surface area contributed by atoms with E-state index in [2.05, 4.69) is 13.8 Å². The average molecular weight is 262 g/mol. The molecule has 0 radical (unpaired) electrons. The van der Waals surface area contributed by atoms with Crippen molar-refractivity contribution in [1.29, 1.82) is 0 Å². The number of hydrogen-bond donors (Lipinski definition) is 0. The number of quaternary nitrogens is 1. The van der Waals surface area contributed by atoms with Gasteiger partial charge in [-0.05, 0) is 38.5 Å². The standard InChI is InChI=1S/C15H32N.ClH/c1-3-5-7-9-13-16(12-6-4-2)14-10-8-11-15-16;/h3-15H2,1-2H3;1H/q+1;/p-1. The molecule has 1 fully saturated rings. The van der Waals surface area contributed by atoms with Crippen LogP contribution < -0.4 is 12.4 Å². The van der Waals surface area contributed by atoms with Gasteiger partial charge in [-0.2, -0.15) is 0 Å². The van der Waals surface area contributed by atoms with Crippen LogP contribution in [0.2, 0.25) is 0 Å². The van der Waals surface area contributed by atoms with Gasteiger partial charge in [0, 0.05) is 0 Å². The number of nitrogens with zero attached hydrogens (tertiary/aromatic N) is 1. The first kappa shape index (κ1) is 17.2. The summed E-state index contributed by atoms with van der Waals surface area (Å²) in [5.41, 5.74) is 0. The van der Waals surface area contributed by atoms with Crippen LogP contribution in [0.25, 0.3) is 0 Å². The molecule has 1 nitrogen and oxygen atoms in total. The summed E-state index contributed by atoms with van der Waals surface area (Å²) in [6.07, 6.45) is 13.0. The van der Waals surface area contributed by atoms with Crippen LogP contribution in [0.3, 0.4) is 0 Å². The van der Waals surface area contributed by atoms with Gasteiger partial charge in [-0.3, -0.25) is 0 Å². The van der Waals surface area contributed by atoms with Gasteiger partial charge in [0.1, 0.15) is 0 Å². The fourth-order valence-electron chi connectivity index (χ4n) is 3.11. The van der Waals surface area contributed by atoms with Gasteiger partial charge in [0.25, 0.3) is 0 Å². The lowest BCUT2D eigenvalue weighted by Crippen LogP contribution is -3.00. The second-order valence-electron chi connectivity index (χ2n) is 5.71. The van der Waals surface area contributed by atoms with Crippen molar-refractivity contribution in [2.45, 2.75) is 71.6 Å². The predicted octanol–water partition coefficient (Wildman–Crippen LogP) is 1.37. The van der Waals surface area contributed by atoms with Gasteiger partial charge in [0.2, 0.25) is 0 Å². The quantitative estimate of drug-likeness (QED) is 0.457. The van der Waals surface area contributed by atoms with Gasteiger partial charge in [0.15, 0.2) is 0 Å². The lowest BCUT2D eigenvalue weighted by atomic mass is 10.0. The smallest absolute Gasteiger partial charge is 0.0786 e. The van der Waals surface area contributed by atoms with Crippen molar-refractivity contribution in [1.82, 2.24) is 0 Å². The van der Waals surface area contributed by atoms with E-state index in [-0.39, 0.29) is 12.4 Å². The zero-order chi connectivity index (χ0) is 11.7. The van der Waals surface area contributed by atoms with Crippen molar-refractivity contribution < 1.29 is 16.9 Å². The first-order valence-electron chi connectivity index (χ1n) is 7.68. The van der Waals surface area contributed by atoms with Gasteiger partial charge in [-0.1, -0.05) is 33.1 Å². The molecule has 0 amide bonds. The van der Waals surface area contributed by atoms with E-state index in [0.29, 0.717) is 0 Å². The molecule has 0 bridgehead atoms. The first-order valence-corrected chi connectivity index (χ1v) is 7.68. The van der Waals surface area contributed by atoms with Crippen LogP contribution >= 0.6 is 0 Å². The van der Waals surface area contributed by atoms with Crippen molar-refractivity contribution >= 4 is 0 Å². The summed E-state index contributed by atoms with van der Waals surface area (Å²) in [6.45, 7) is 10.5. The predicted molar refractivity (Wildman–Crippen MR) is 72.6 cm³/mol. The van der Waals surface area contributed by atoms with E-state index in [1.165, 1.54) is 88.4 Å². The van der Waals surface area contributed by atoms with E-state index in [9.17, 15) is 0 Å². The molecule has 104 valence electrons. The number of unbranched alkanes of at least 4 members (excludes halogenated alkanes) is 4. The van der Waals surface area contributed by atoms with Crippen LogP contribution in [0.5, 0.6) is 0 Å². The first-order chi connectivity index (χ1) is 7.83. The largest absolute Gasteiger partial charge is 1.00 e. The minimum atomic E-state index is 0. The number of rotatable bonds is 8. The molecule has 1 heterocycles. The second-order valence-corrected chi connectivity index (χ2v) is 5.71. The minimum Gasteiger partial charge on any atom is -1.00 e. The molecule has 1 aliphatic rings. The Bertz CT molecular complexity index is 164. The summed E-state index contributed by atoms with van der Waals surface area (Å²) in [7, 11) is 0. The van der Waals surface area contributed by atoms with Crippen molar-refractivity contribution in [3.05, 3.63) is 0 Å². The van der Waals surface area contributed by atoms with E-state index < -0.39 is 0 Å². The number of likely N-dealkylation sites (tertiary alicyclic amines) is 1. The van der Waals surface area contributed by atoms with Gasteiger partial charge in [-0.15, -0.1) is 0 Å². The van der Waals surface area contributed by atoms with Crippen molar-refractivity contribution in [3.8, 4) is 0 Å². The molecule has 0 spiro atoms. The zero-order valence-corrected chi connectivity index (χ0v) is 12.8. The molecule has 2 heteroatoms. The van der Waals surface area contributed by atoms with E-state index in [1.807, 2.05) is 0 Å². The monoisotopic (exact) mass is 261 g/mol. The third-order valence-electron chi connectivity index (χ3n) is 4.24. The molecular formula is C15H32ClN. The Balaban J connectivity index is 0.00000256. The van der Waals surface area contributed by atoms with Crippen LogP contribution in [0.15, 0.2) is 0 Å². The van der Waals surface area contributed by atoms with Crippen molar-refractivity contribution in [2.24, 2.45) is 0 Å². The van der Waals surface area contributed by atoms with Crippen LogP contribution in [0.1, 0.15) is 71.6 Å². The molecule has 1 saturated heterocycles. The molecule has 0 aliphatic carbocycles. The summed E-state index contributed by atoms with van der Waals surface area (Å²) in [4.78, 5) is 0. The van der Waals surface area contributed by atoms with E-state index >= 15 is 0 Å². The summed E-state index contributed by atoms with van der Waals surface area (Å²) < 4.78 is 1.47. The van der Waals surface area contributed by atoms with Crippen LogP contribution in [-0.2, 0) is 0 Å². The second kappa shape index (κ2) is 10.2. The number of piperidine rings is 1. The van der Waals surface area contributed by atoms with Crippen molar-refractivity contribution in [2.75, 3.05) is 26.2 Å². The molecule has 0 N–H and O–H groups in total. The Morgan fingerprint density at radius 2 is 1.29 bits per heavy atom. The SMILES string of the molecule is CCCCCC[N+]1(CCCC)CCCCC1.[Cl-]. The van der Waals surface area contributed by atoms with E-state index in [1.54, 1.807) is 0 Å². The molecule has 0 aromatic rings. The Morgan fingerprint density at radius 3 is 1.88 bits per heavy atom.